The number of Topliss-reactive ketones (excluding diaryl/α,β-unsaturated/α-hetero) is 1. The Hall–Kier alpha value is -2.83. The van der Waals surface area contributed by atoms with Crippen LogP contribution in [0.5, 0.6) is 0 Å². The first-order valence-corrected chi connectivity index (χ1v) is 13.4. The first-order valence-electron chi connectivity index (χ1n) is 11.8. The van der Waals surface area contributed by atoms with Crippen LogP contribution in [0.25, 0.3) is 0 Å². The van der Waals surface area contributed by atoms with E-state index in [0.717, 1.165) is 0 Å². The molecule has 0 saturated carbocycles. The summed E-state index contributed by atoms with van der Waals surface area (Å²) < 4.78 is 33.3. The van der Waals surface area contributed by atoms with E-state index in [4.69, 9.17) is 4.74 Å². The summed E-state index contributed by atoms with van der Waals surface area (Å²) in [6.07, 6.45) is 0.0730. The Morgan fingerprint density at radius 3 is 2.47 bits per heavy atom. The lowest BCUT2D eigenvalue weighted by molar-refractivity contribution is -0.384. The number of carboxylic acids is 1. The van der Waals surface area contributed by atoms with Crippen molar-refractivity contribution in [2.45, 2.75) is 71.6 Å². The number of nitro groups is 1. The van der Waals surface area contributed by atoms with Gasteiger partial charge in [0.05, 0.1) is 22.5 Å². The summed E-state index contributed by atoms with van der Waals surface area (Å²) >= 11 is 0. The third-order valence-electron chi connectivity index (χ3n) is 6.31. The fourth-order valence-electron chi connectivity index (χ4n) is 4.74. The Morgan fingerprint density at radius 2 is 1.94 bits per heavy atom. The standard InChI is InChI=1S/C24H35N3O8S/c1-7-11-35-16(5)24(6)22(23(29)30)21(17-9-8-10-18(12-17)27(31)32)20(15(4)25-24)19(28)13-36(33,34)26-14(2)3/h8-10,12,14,16,21-22,25-26H,7,11,13H2,1-6H3,(H,29,30). The average Bonchev–Trinajstić information content (AvgIpc) is 2.75. The molecule has 200 valence electrons. The molecule has 2 rings (SSSR count). The van der Waals surface area contributed by atoms with Crippen LogP contribution in [0.2, 0.25) is 0 Å². The van der Waals surface area contributed by atoms with Crippen molar-refractivity contribution in [3.63, 3.8) is 0 Å². The predicted octanol–water partition coefficient (Wildman–Crippen LogP) is 2.73. The molecule has 0 aliphatic carbocycles. The number of ketones is 1. The molecule has 1 aliphatic heterocycles. The van der Waals surface area contributed by atoms with Crippen molar-refractivity contribution in [3.8, 4) is 0 Å². The van der Waals surface area contributed by atoms with E-state index in [-0.39, 0.29) is 16.8 Å². The Bertz CT molecular complexity index is 1150. The van der Waals surface area contributed by atoms with Gasteiger partial charge in [0.15, 0.2) is 5.78 Å². The number of rotatable bonds is 12. The molecule has 36 heavy (non-hydrogen) atoms. The molecule has 1 aromatic carbocycles. The molecule has 0 amide bonds. The van der Waals surface area contributed by atoms with Gasteiger partial charge in [0.25, 0.3) is 5.69 Å². The van der Waals surface area contributed by atoms with Crippen LogP contribution in [0.1, 0.15) is 59.4 Å². The van der Waals surface area contributed by atoms with E-state index in [0.29, 0.717) is 18.7 Å². The Labute approximate surface area is 211 Å². The third-order valence-corrected chi connectivity index (χ3v) is 7.78. The van der Waals surface area contributed by atoms with Crippen LogP contribution in [-0.2, 0) is 24.3 Å². The van der Waals surface area contributed by atoms with E-state index >= 15 is 0 Å². The lowest BCUT2D eigenvalue weighted by atomic mass is 9.65. The van der Waals surface area contributed by atoms with Crippen LogP contribution in [0.3, 0.4) is 0 Å². The molecule has 0 bridgehead atoms. The number of hydrogen-bond donors (Lipinski definition) is 3. The van der Waals surface area contributed by atoms with Crippen LogP contribution in [-0.4, -0.2) is 60.2 Å². The molecule has 1 aliphatic rings. The third kappa shape index (κ3) is 6.48. The van der Waals surface area contributed by atoms with Crippen molar-refractivity contribution < 1.29 is 32.8 Å². The van der Waals surface area contributed by atoms with Crippen molar-refractivity contribution >= 4 is 27.5 Å². The molecule has 3 N–H and O–H groups in total. The summed E-state index contributed by atoms with van der Waals surface area (Å²) in [6, 6.07) is 4.98. The van der Waals surface area contributed by atoms with E-state index in [1.165, 1.54) is 24.3 Å². The van der Waals surface area contributed by atoms with Crippen molar-refractivity contribution in [1.29, 1.82) is 0 Å². The highest BCUT2D eigenvalue weighted by Gasteiger charge is 2.54. The molecule has 1 aromatic rings. The van der Waals surface area contributed by atoms with Gasteiger partial charge in [0.1, 0.15) is 5.75 Å². The number of benzene rings is 1. The zero-order valence-corrected chi connectivity index (χ0v) is 22.2. The number of carbonyl (C=O) groups is 2. The van der Waals surface area contributed by atoms with Crippen LogP contribution in [0, 0.1) is 16.0 Å². The summed E-state index contributed by atoms with van der Waals surface area (Å²) in [4.78, 5) is 37.1. The van der Waals surface area contributed by atoms with Gasteiger partial charge in [-0.15, -0.1) is 0 Å². The number of carbonyl (C=O) groups excluding carboxylic acids is 1. The first-order chi connectivity index (χ1) is 16.6. The number of sulfonamides is 1. The Kier molecular flexibility index (Phi) is 9.38. The number of nitrogens with one attached hydrogen (secondary N) is 2. The van der Waals surface area contributed by atoms with Crippen LogP contribution in [0.15, 0.2) is 35.5 Å². The maximum absolute atomic E-state index is 13.5. The summed E-state index contributed by atoms with van der Waals surface area (Å²) in [6.45, 7) is 10.5. The van der Waals surface area contributed by atoms with Gasteiger partial charge in [0.2, 0.25) is 10.0 Å². The molecule has 0 aromatic heterocycles. The molecule has 0 saturated heterocycles. The van der Waals surface area contributed by atoms with E-state index in [1.807, 2.05) is 6.92 Å². The minimum atomic E-state index is -4.02. The fraction of sp³-hybridized carbons (Fsp3) is 0.583. The second-order valence-electron chi connectivity index (χ2n) is 9.56. The molecule has 0 radical (unpaired) electrons. The van der Waals surface area contributed by atoms with Gasteiger partial charge in [-0.2, -0.15) is 0 Å². The number of aliphatic carboxylic acids is 1. The quantitative estimate of drug-likeness (QED) is 0.275. The zero-order chi connectivity index (χ0) is 27.4. The average molecular weight is 526 g/mol. The van der Waals surface area contributed by atoms with E-state index < -0.39 is 62.0 Å². The SMILES string of the molecule is CCCOC(C)C1(C)NC(C)=C(C(=O)CS(=O)(=O)NC(C)C)C(c2cccc([N+](=O)[O-])c2)C1C(=O)O. The molecule has 1 heterocycles. The lowest BCUT2D eigenvalue weighted by Crippen LogP contribution is -2.63. The topological polar surface area (TPSA) is 165 Å². The van der Waals surface area contributed by atoms with Crippen molar-refractivity contribution in [1.82, 2.24) is 10.0 Å². The predicted molar refractivity (Wildman–Crippen MR) is 134 cm³/mol. The minimum Gasteiger partial charge on any atom is -0.481 e. The van der Waals surface area contributed by atoms with Crippen molar-refractivity contribution in [2.75, 3.05) is 12.4 Å². The number of carboxylic acid groups (broad SMARTS) is 1. The van der Waals surface area contributed by atoms with Gasteiger partial charge in [-0.25, -0.2) is 13.1 Å². The van der Waals surface area contributed by atoms with E-state index in [2.05, 4.69) is 10.0 Å². The van der Waals surface area contributed by atoms with Gasteiger partial charge in [-0.05, 0) is 46.6 Å². The zero-order valence-electron chi connectivity index (χ0n) is 21.4. The molecule has 11 nitrogen and oxygen atoms in total. The molecule has 12 heteroatoms. The highest BCUT2D eigenvalue weighted by Crippen LogP contribution is 2.46. The van der Waals surface area contributed by atoms with Gasteiger partial charge in [-0.1, -0.05) is 19.1 Å². The highest BCUT2D eigenvalue weighted by atomic mass is 32.2. The molecule has 0 spiro atoms. The second-order valence-corrected chi connectivity index (χ2v) is 11.3. The number of nitro benzene ring substituents is 1. The van der Waals surface area contributed by atoms with Gasteiger partial charge >= 0.3 is 5.97 Å². The van der Waals surface area contributed by atoms with Crippen LogP contribution >= 0.6 is 0 Å². The van der Waals surface area contributed by atoms with Crippen molar-refractivity contribution in [3.05, 3.63) is 51.2 Å². The second kappa shape index (κ2) is 11.5. The maximum Gasteiger partial charge on any atom is 0.309 e. The summed E-state index contributed by atoms with van der Waals surface area (Å²) in [5.41, 5.74) is -1.02. The van der Waals surface area contributed by atoms with E-state index in [9.17, 15) is 33.2 Å². The Balaban J connectivity index is 2.76. The fourth-order valence-corrected chi connectivity index (χ4v) is 6.04. The maximum atomic E-state index is 13.5. The summed E-state index contributed by atoms with van der Waals surface area (Å²) in [7, 11) is -4.02. The van der Waals surface area contributed by atoms with Crippen LogP contribution in [0.4, 0.5) is 5.69 Å². The minimum absolute atomic E-state index is 0.0443. The van der Waals surface area contributed by atoms with Gasteiger partial charge in [-0.3, -0.25) is 19.7 Å². The van der Waals surface area contributed by atoms with E-state index in [1.54, 1.807) is 34.6 Å². The number of nitrogens with zero attached hydrogens (tertiary/aromatic N) is 1. The first kappa shape index (κ1) is 29.4. The monoisotopic (exact) mass is 525 g/mol. The van der Waals surface area contributed by atoms with Crippen LogP contribution < -0.4 is 10.0 Å². The van der Waals surface area contributed by atoms with Gasteiger partial charge in [0, 0.05) is 42.0 Å². The number of ether oxygens (including phenoxy) is 1. The normalized spacial score (nSPS) is 23.3. The van der Waals surface area contributed by atoms with Crippen molar-refractivity contribution in [2.24, 2.45) is 5.92 Å². The smallest absolute Gasteiger partial charge is 0.309 e. The Morgan fingerprint density at radius 1 is 1.31 bits per heavy atom. The molecule has 4 unspecified atom stereocenters. The molecule has 0 fully saturated rings. The lowest BCUT2D eigenvalue weighted by Gasteiger charge is -2.49. The molecular weight excluding hydrogens is 490 g/mol. The highest BCUT2D eigenvalue weighted by molar-refractivity contribution is 7.90. The summed E-state index contributed by atoms with van der Waals surface area (Å²) in [5, 5.41) is 25.0. The molecular formula is C24H35N3O8S. The number of hydrogen-bond acceptors (Lipinski definition) is 8. The summed E-state index contributed by atoms with van der Waals surface area (Å²) in [5.74, 6) is -5.41. The number of allylic oxidation sites excluding steroid dienone is 2. The molecule has 4 atom stereocenters. The van der Waals surface area contributed by atoms with Gasteiger partial charge < -0.3 is 15.2 Å². The number of non-ortho nitro benzene ring substituents is 1. The largest absolute Gasteiger partial charge is 0.481 e.